The molecule has 0 amide bonds. The van der Waals surface area contributed by atoms with E-state index in [9.17, 15) is 13.2 Å². The fraction of sp³-hybridized carbons (Fsp3) is 0.250. The normalized spacial score (nSPS) is 11.2. The van der Waals surface area contributed by atoms with Crippen LogP contribution in [0.3, 0.4) is 0 Å². The van der Waals surface area contributed by atoms with E-state index in [1.165, 1.54) is 16.0 Å². The molecule has 2 N–H and O–H groups in total. The van der Waals surface area contributed by atoms with E-state index in [2.05, 4.69) is 16.9 Å². The Bertz CT molecular complexity index is 616. The van der Waals surface area contributed by atoms with Crippen LogP contribution in [-0.4, -0.2) is 16.3 Å². The minimum Gasteiger partial charge on any atom is -0.320 e. The van der Waals surface area contributed by atoms with Crippen molar-refractivity contribution in [3.05, 3.63) is 39.8 Å². The molecule has 100 valence electrons. The van der Waals surface area contributed by atoms with Crippen LogP contribution >= 0.6 is 11.3 Å². The summed E-state index contributed by atoms with van der Waals surface area (Å²) in [7, 11) is 0. The number of hydrogen-bond donors (Lipinski definition) is 1. The molecule has 2 aromatic heterocycles. The maximum absolute atomic E-state index is 12.4. The first-order chi connectivity index (χ1) is 8.99. The van der Waals surface area contributed by atoms with E-state index in [1.54, 1.807) is 0 Å². The van der Waals surface area contributed by atoms with Crippen molar-refractivity contribution in [2.24, 2.45) is 5.73 Å². The smallest absolute Gasteiger partial charge is 0.320 e. The summed E-state index contributed by atoms with van der Waals surface area (Å²) in [5.41, 5.74) is 5.33. The SMILES string of the molecule is NCC#Cc1csc(Cn2cc(C(F)(F)F)cn2)c1. The monoisotopic (exact) mass is 285 g/mol. The molecule has 0 aliphatic rings. The molecule has 2 aromatic rings. The van der Waals surface area contributed by atoms with Crippen molar-refractivity contribution in [2.45, 2.75) is 12.7 Å². The minimum absolute atomic E-state index is 0.277. The summed E-state index contributed by atoms with van der Waals surface area (Å²) in [5, 5.41) is 5.54. The van der Waals surface area contributed by atoms with Gasteiger partial charge in [0, 0.05) is 22.0 Å². The first-order valence-corrected chi connectivity index (χ1v) is 6.23. The Kier molecular flexibility index (Phi) is 3.93. The highest BCUT2D eigenvalue weighted by Crippen LogP contribution is 2.28. The molecule has 0 atom stereocenters. The van der Waals surface area contributed by atoms with Crippen molar-refractivity contribution in [2.75, 3.05) is 6.54 Å². The van der Waals surface area contributed by atoms with E-state index >= 15 is 0 Å². The van der Waals surface area contributed by atoms with Crippen LogP contribution in [-0.2, 0) is 12.7 Å². The Hall–Kier alpha value is -1.78. The van der Waals surface area contributed by atoms with Crippen LogP contribution in [0.5, 0.6) is 0 Å². The second kappa shape index (κ2) is 5.47. The van der Waals surface area contributed by atoms with Gasteiger partial charge in [0.2, 0.25) is 0 Å². The van der Waals surface area contributed by atoms with E-state index in [4.69, 9.17) is 5.73 Å². The Morgan fingerprint density at radius 3 is 2.84 bits per heavy atom. The molecule has 2 heterocycles. The molecule has 19 heavy (non-hydrogen) atoms. The molecule has 0 aliphatic carbocycles. The molecule has 0 aliphatic heterocycles. The van der Waals surface area contributed by atoms with Crippen LogP contribution in [0.2, 0.25) is 0 Å². The number of halogens is 3. The summed E-state index contributed by atoms with van der Waals surface area (Å²) in [6.07, 6.45) is -2.54. The Labute approximate surface area is 111 Å². The van der Waals surface area contributed by atoms with Gasteiger partial charge < -0.3 is 5.73 Å². The molecule has 0 spiro atoms. The standard InChI is InChI=1S/C12H10F3N3S/c13-12(14,15)10-5-17-18(6-10)7-11-4-9(8-19-11)2-1-3-16/h4-6,8H,3,7,16H2. The van der Waals surface area contributed by atoms with Crippen LogP contribution in [0.4, 0.5) is 13.2 Å². The quantitative estimate of drug-likeness (QED) is 0.861. The van der Waals surface area contributed by atoms with Gasteiger partial charge in [0.05, 0.1) is 24.8 Å². The maximum atomic E-state index is 12.4. The zero-order valence-corrected chi connectivity index (χ0v) is 10.6. The number of nitrogens with two attached hydrogens (primary N) is 1. The zero-order valence-electron chi connectivity index (χ0n) is 9.74. The molecule has 0 radical (unpaired) electrons. The summed E-state index contributed by atoms with van der Waals surface area (Å²) in [6, 6.07) is 1.82. The molecule has 0 unspecified atom stereocenters. The van der Waals surface area contributed by atoms with Crippen molar-refractivity contribution >= 4 is 11.3 Å². The third-order valence-corrected chi connectivity index (χ3v) is 3.19. The third-order valence-electron chi connectivity index (χ3n) is 2.27. The van der Waals surface area contributed by atoms with E-state index in [-0.39, 0.29) is 6.54 Å². The summed E-state index contributed by atoms with van der Waals surface area (Å²) in [5.74, 6) is 5.58. The van der Waals surface area contributed by atoms with E-state index in [0.717, 1.165) is 22.8 Å². The van der Waals surface area contributed by atoms with Crippen molar-refractivity contribution in [1.82, 2.24) is 9.78 Å². The second-order valence-corrected chi connectivity index (χ2v) is 4.73. The molecular weight excluding hydrogens is 275 g/mol. The van der Waals surface area contributed by atoms with Crippen LogP contribution in [0.25, 0.3) is 0 Å². The molecule has 0 fully saturated rings. The summed E-state index contributed by atoms with van der Waals surface area (Å²) in [4.78, 5) is 0.887. The molecule has 0 saturated carbocycles. The first-order valence-electron chi connectivity index (χ1n) is 5.35. The molecule has 3 nitrogen and oxygen atoms in total. The van der Waals surface area contributed by atoms with E-state index in [0.29, 0.717) is 6.54 Å². The fourth-order valence-electron chi connectivity index (χ4n) is 1.44. The number of aromatic nitrogens is 2. The Morgan fingerprint density at radius 1 is 1.42 bits per heavy atom. The van der Waals surface area contributed by atoms with Crippen LogP contribution in [0.15, 0.2) is 23.8 Å². The van der Waals surface area contributed by atoms with E-state index in [1.807, 2.05) is 11.4 Å². The van der Waals surface area contributed by atoms with Gasteiger partial charge in [-0.2, -0.15) is 18.3 Å². The minimum atomic E-state index is -4.36. The zero-order chi connectivity index (χ0) is 13.9. The highest BCUT2D eigenvalue weighted by Gasteiger charge is 2.32. The lowest BCUT2D eigenvalue weighted by Gasteiger charge is -2.01. The number of hydrogen-bond acceptors (Lipinski definition) is 3. The van der Waals surface area contributed by atoms with Gasteiger partial charge in [0.25, 0.3) is 0 Å². The second-order valence-electron chi connectivity index (χ2n) is 3.73. The molecular formula is C12H10F3N3S. The number of thiophene rings is 1. The third kappa shape index (κ3) is 3.59. The predicted octanol–water partition coefficient (Wildman–Crippen LogP) is 2.32. The van der Waals surface area contributed by atoms with Gasteiger partial charge >= 0.3 is 6.18 Å². The first kappa shape index (κ1) is 13.6. The lowest BCUT2D eigenvalue weighted by molar-refractivity contribution is -0.137. The van der Waals surface area contributed by atoms with Crippen molar-refractivity contribution in [3.8, 4) is 11.8 Å². The van der Waals surface area contributed by atoms with Gasteiger partial charge in [-0.25, -0.2) is 0 Å². The number of nitrogens with zero attached hydrogens (tertiary/aromatic N) is 2. The molecule has 7 heteroatoms. The topological polar surface area (TPSA) is 43.8 Å². The molecule has 0 bridgehead atoms. The Morgan fingerprint density at radius 2 is 2.21 bits per heavy atom. The van der Waals surface area contributed by atoms with Gasteiger partial charge in [0.15, 0.2) is 0 Å². The fourth-order valence-corrected chi connectivity index (χ4v) is 2.25. The molecule has 2 rings (SSSR count). The number of alkyl halides is 3. The molecule has 0 aromatic carbocycles. The van der Waals surface area contributed by atoms with E-state index < -0.39 is 11.7 Å². The summed E-state index contributed by atoms with van der Waals surface area (Å²) >= 11 is 1.43. The van der Waals surface area contributed by atoms with Crippen LogP contribution in [0, 0.1) is 11.8 Å². The van der Waals surface area contributed by atoms with Gasteiger partial charge in [0.1, 0.15) is 0 Å². The van der Waals surface area contributed by atoms with Gasteiger partial charge in [-0.15, -0.1) is 11.3 Å². The predicted molar refractivity (Wildman–Crippen MR) is 66.6 cm³/mol. The molecule has 0 saturated heterocycles. The van der Waals surface area contributed by atoms with Crippen LogP contribution < -0.4 is 5.73 Å². The highest BCUT2D eigenvalue weighted by atomic mass is 32.1. The largest absolute Gasteiger partial charge is 0.419 e. The maximum Gasteiger partial charge on any atom is 0.419 e. The summed E-state index contributed by atoms with van der Waals surface area (Å²) < 4.78 is 38.5. The van der Waals surface area contributed by atoms with Gasteiger partial charge in [-0.05, 0) is 6.07 Å². The van der Waals surface area contributed by atoms with Crippen molar-refractivity contribution in [1.29, 1.82) is 0 Å². The van der Waals surface area contributed by atoms with Crippen LogP contribution in [0.1, 0.15) is 16.0 Å². The lowest BCUT2D eigenvalue weighted by Crippen LogP contribution is -2.03. The Balaban J connectivity index is 2.09. The highest BCUT2D eigenvalue weighted by molar-refractivity contribution is 7.10. The van der Waals surface area contributed by atoms with Crippen molar-refractivity contribution in [3.63, 3.8) is 0 Å². The summed E-state index contributed by atoms with van der Waals surface area (Å²) in [6.45, 7) is 0.574. The van der Waals surface area contributed by atoms with Crippen molar-refractivity contribution < 1.29 is 13.2 Å². The average Bonchev–Trinajstić information content (AvgIpc) is 2.95. The lowest BCUT2D eigenvalue weighted by atomic mass is 10.3. The average molecular weight is 285 g/mol. The van der Waals surface area contributed by atoms with Gasteiger partial charge in [-0.1, -0.05) is 11.8 Å². The number of rotatable bonds is 2. The van der Waals surface area contributed by atoms with Gasteiger partial charge in [-0.3, -0.25) is 4.68 Å².